The Hall–Kier alpha value is -2.00. The number of hydrogen-bond donors (Lipinski definition) is 2. The summed E-state index contributed by atoms with van der Waals surface area (Å²) in [5, 5.41) is 16.2. The summed E-state index contributed by atoms with van der Waals surface area (Å²) in [5.74, 6) is -1.18. The van der Waals surface area contributed by atoms with Crippen LogP contribution in [0.1, 0.15) is 15.9 Å². The lowest BCUT2D eigenvalue weighted by Crippen LogP contribution is -2.15. The van der Waals surface area contributed by atoms with Gasteiger partial charge in [0.25, 0.3) is 10.0 Å². The van der Waals surface area contributed by atoms with E-state index in [1.807, 2.05) is 0 Å². The van der Waals surface area contributed by atoms with Gasteiger partial charge in [-0.2, -0.15) is 0 Å². The van der Waals surface area contributed by atoms with Gasteiger partial charge in [0.2, 0.25) is 5.13 Å². The number of carbonyl (C=O) groups is 1. The highest BCUT2D eigenvalue weighted by Crippen LogP contribution is 2.22. The van der Waals surface area contributed by atoms with Gasteiger partial charge < -0.3 is 5.11 Å². The third kappa shape index (κ3) is 2.71. The van der Waals surface area contributed by atoms with E-state index in [4.69, 9.17) is 5.11 Å². The predicted octanol–water partition coefficient (Wildman–Crippen LogP) is 1.35. The number of carboxylic acids is 1. The molecule has 0 saturated heterocycles. The molecule has 100 valence electrons. The van der Waals surface area contributed by atoms with Gasteiger partial charge in [-0.05, 0) is 24.6 Å². The highest BCUT2D eigenvalue weighted by Gasteiger charge is 2.21. The Morgan fingerprint density at radius 2 is 2.16 bits per heavy atom. The smallest absolute Gasteiger partial charge is 0.335 e. The van der Waals surface area contributed by atoms with E-state index in [-0.39, 0.29) is 21.2 Å². The van der Waals surface area contributed by atoms with Crippen LogP contribution >= 0.6 is 11.3 Å². The topological polar surface area (TPSA) is 109 Å². The lowest BCUT2D eigenvalue weighted by atomic mass is 10.1. The van der Waals surface area contributed by atoms with E-state index in [9.17, 15) is 13.2 Å². The molecule has 0 atom stereocenters. The quantitative estimate of drug-likeness (QED) is 0.881. The molecule has 0 fully saturated rings. The van der Waals surface area contributed by atoms with E-state index in [1.54, 1.807) is 0 Å². The Kier molecular flexibility index (Phi) is 3.49. The van der Waals surface area contributed by atoms with Crippen molar-refractivity contribution < 1.29 is 18.3 Å². The highest BCUT2D eigenvalue weighted by molar-refractivity contribution is 7.93. The van der Waals surface area contributed by atoms with E-state index in [0.29, 0.717) is 0 Å². The maximum Gasteiger partial charge on any atom is 0.335 e. The normalized spacial score (nSPS) is 11.2. The zero-order chi connectivity index (χ0) is 14.0. The molecular formula is C10H9N3O4S2. The lowest BCUT2D eigenvalue weighted by molar-refractivity contribution is 0.0696. The van der Waals surface area contributed by atoms with Gasteiger partial charge in [-0.15, -0.1) is 10.2 Å². The first-order valence-corrected chi connectivity index (χ1v) is 7.40. The fraction of sp³-hybridized carbons (Fsp3) is 0.100. The molecule has 0 aliphatic carbocycles. The number of rotatable bonds is 4. The van der Waals surface area contributed by atoms with Gasteiger partial charge in [0.15, 0.2) is 0 Å². The minimum atomic E-state index is -3.88. The Balaban J connectivity index is 2.47. The second kappa shape index (κ2) is 4.94. The van der Waals surface area contributed by atoms with E-state index < -0.39 is 16.0 Å². The standard InChI is InChI=1S/C10H9N3O4S2/c1-6-7(9(14)15)3-2-4-8(6)19(16,17)13-10-12-11-5-18-10/h2-5H,1H3,(H,12,13)(H,14,15). The molecule has 7 nitrogen and oxygen atoms in total. The third-order valence-corrected chi connectivity index (χ3v) is 4.60. The van der Waals surface area contributed by atoms with Gasteiger partial charge in [0, 0.05) is 0 Å². The molecule has 0 aliphatic heterocycles. The largest absolute Gasteiger partial charge is 0.478 e. The number of carboxylic acid groups (broad SMARTS) is 1. The Morgan fingerprint density at radius 1 is 1.42 bits per heavy atom. The molecule has 0 radical (unpaired) electrons. The minimum Gasteiger partial charge on any atom is -0.478 e. The summed E-state index contributed by atoms with van der Waals surface area (Å²) in [6.45, 7) is 1.44. The number of nitrogens with one attached hydrogen (secondary N) is 1. The van der Waals surface area contributed by atoms with Crippen molar-refractivity contribution in [2.75, 3.05) is 4.72 Å². The molecule has 0 spiro atoms. The highest BCUT2D eigenvalue weighted by atomic mass is 32.2. The van der Waals surface area contributed by atoms with Crippen LogP contribution < -0.4 is 4.72 Å². The maximum atomic E-state index is 12.1. The second-order valence-corrected chi connectivity index (χ2v) is 6.07. The Labute approximate surface area is 113 Å². The summed E-state index contributed by atoms with van der Waals surface area (Å²) < 4.78 is 26.5. The van der Waals surface area contributed by atoms with Crippen LogP contribution in [0.2, 0.25) is 0 Å². The molecule has 1 aromatic heterocycles. The average molecular weight is 299 g/mol. The van der Waals surface area contributed by atoms with Gasteiger partial charge in [0.05, 0.1) is 10.5 Å². The number of anilines is 1. The third-order valence-electron chi connectivity index (χ3n) is 2.39. The van der Waals surface area contributed by atoms with Crippen LogP contribution in [0.15, 0.2) is 28.6 Å². The summed E-state index contributed by atoms with van der Waals surface area (Å²) in [7, 11) is -3.88. The maximum absolute atomic E-state index is 12.1. The van der Waals surface area contributed by atoms with Crippen molar-refractivity contribution in [2.24, 2.45) is 0 Å². The molecule has 19 heavy (non-hydrogen) atoms. The molecule has 2 aromatic rings. The number of nitrogens with zero attached hydrogens (tertiary/aromatic N) is 2. The SMILES string of the molecule is Cc1c(C(=O)O)cccc1S(=O)(=O)Nc1nncs1. The first-order valence-electron chi connectivity index (χ1n) is 5.03. The monoisotopic (exact) mass is 299 g/mol. The van der Waals surface area contributed by atoms with Gasteiger partial charge in [-0.1, -0.05) is 17.4 Å². The van der Waals surface area contributed by atoms with Crippen molar-refractivity contribution in [3.63, 3.8) is 0 Å². The first kappa shape index (κ1) is 13.4. The van der Waals surface area contributed by atoms with Gasteiger partial charge in [-0.25, -0.2) is 13.2 Å². The predicted molar refractivity (Wildman–Crippen MR) is 68.9 cm³/mol. The van der Waals surface area contributed by atoms with Gasteiger partial charge >= 0.3 is 5.97 Å². The van der Waals surface area contributed by atoms with Crippen LogP contribution in [0.3, 0.4) is 0 Å². The molecule has 1 aromatic carbocycles. The van der Waals surface area contributed by atoms with Crippen LogP contribution in [0.4, 0.5) is 5.13 Å². The number of hydrogen-bond acceptors (Lipinski definition) is 6. The van der Waals surface area contributed by atoms with Crippen LogP contribution in [-0.4, -0.2) is 29.7 Å². The van der Waals surface area contributed by atoms with Crippen molar-refractivity contribution in [2.45, 2.75) is 11.8 Å². The first-order chi connectivity index (χ1) is 8.92. The molecule has 0 bridgehead atoms. The van der Waals surface area contributed by atoms with Crippen molar-refractivity contribution in [1.82, 2.24) is 10.2 Å². The van der Waals surface area contributed by atoms with Crippen molar-refractivity contribution in [1.29, 1.82) is 0 Å². The summed E-state index contributed by atoms with van der Waals surface area (Å²) in [4.78, 5) is 10.9. The van der Waals surface area contributed by atoms with Gasteiger partial charge in [-0.3, -0.25) is 4.72 Å². The molecule has 2 N–H and O–H groups in total. The van der Waals surface area contributed by atoms with Crippen LogP contribution in [0, 0.1) is 6.92 Å². The molecule has 2 rings (SSSR count). The Bertz CT molecular complexity index is 710. The number of sulfonamides is 1. The number of benzene rings is 1. The fourth-order valence-electron chi connectivity index (χ4n) is 1.52. The van der Waals surface area contributed by atoms with Crippen molar-refractivity contribution in [3.05, 3.63) is 34.8 Å². The Morgan fingerprint density at radius 3 is 2.74 bits per heavy atom. The molecule has 1 heterocycles. The van der Waals surface area contributed by atoms with E-state index in [2.05, 4.69) is 14.9 Å². The zero-order valence-electron chi connectivity index (χ0n) is 9.69. The van der Waals surface area contributed by atoms with Crippen LogP contribution in [0.5, 0.6) is 0 Å². The molecule has 9 heteroatoms. The van der Waals surface area contributed by atoms with Crippen molar-refractivity contribution in [3.8, 4) is 0 Å². The van der Waals surface area contributed by atoms with E-state index >= 15 is 0 Å². The molecule has 0 amide bonds. The molecule has 0 aliphatic rings. The number of aromatic nitrogens is 2. The van der Waals surface area contributed by atoms with Crippen LogP contribution in [0.25, 0.3) is 0 Å². The zero-order valence-corrected chi connectivity index (χ0v) is 11.3. The summed E-state index contributed by atoms with van der Waals surface area (Å²) in [6, 6.07) is 4.07. The lowest BCUT2D eigenvalue weighted by Gasteiger charge is -2.09. The second-order valence-electron chi connectivity index (χ2n) is 3.58. The van der Waals surface area contributed by atoms with E-state index in [1.165, 1.54) is 30.6 Å². The summed E-state index contributed by atoms with van der Waals surface area (Å²) in [6.07, 6.45) is 0. The molecule has 0 saturated carbocycles. The molecule has 0 unspecified atom stereocenters. The van der Waals surface area contributed by atoms with Crippen molar-refractivity contribution >= 4 is 32.5 Å². The summed E-state index contributed by atoms with van der Waals surface area (Å²) in [5.41, 5.74) is 1.51. The minimum absolute atomic E-state index is 0.0554. The fourth-order valence-corrected chi connectivity index (χ4v) is 3.49. The number of aromatic carboxylic acids is 1. The average Bonchev–Trinajstić information content (AvgIpc) is 2.80. The summed E-state index contributed by atoms with van der Waals surface area (Å²) >= 11 is 1.03. The van der Waals surface area contributed by atoms with E-state index in [0.717, 1.165) is 11.3 Å². The van der Waals surface area contributed by atoms with Crippen LogP contribution in [-0.2, 0) is 10.0 Å². The molecular weight excluding hydrogens is 290 g/mol. The van der Waals surface area contributed by atoms with Gasteiger partial charge in [0.1, 0.15) is 5.51 Å².